The average molecular weight is 348 g/mol. The molecule has 0 bridgehead atoms. The van der Waals surface area contributed by atoms with Crippen LogP contribution in [-0.2, 0) is 13.6 Å². The van der Waals surface area contributed by atoms with Crippen molar-refractivity contribution in [1.29, 1.82) is 0 Å². The van der Waals surface area contributed by atoms with E-state index in [9.17, 15) is 0 Å². The molecule has 1 saturated heterocycles. The molecule has 26 heavy (non-hydrogen) atoms. The fourth-order valence-corrected chi connectivity index (χ4v) is 3.71. The number of likely N-dealkylation sites (tertiary alicyclic amines) is 1. The number of ether oxygens (including phenoxy) is 1. The molecule has 0 radical (unpaired) electrons. The van der Waals surface area contributed by atoms with Gasteiger partial charge in [-0.25, -0.2) is 0 Å². The smallest absolute Gasteiger partial charge is 0.137 e. The zero-order valence-electron chi connectivity index (χ0n) is 15.0. The van der Waals surface area contributed by atoms with Crippen molar-refractivity contribution < 1.29 is 4.74 Å². The maximum absolute atomic E-state index is 6.03. The predicted molar refractivity (Wildman–Crippen MR) is 101 cm³/mol. The quantitative estimate of drug-likeness (QED) is 0.686. The lowest BCUT2D eigenvalue weighted by atomic mass is 9.93. The normalized spacial score (nSPS) is 20.3. The molecule has 0 unspecified atom stereocenters. The van der Waals surface area contributed by atoms with Crippen molar-refractivity contribution in [1.82, 2.24) is 19.4 Å². The Morgan fingerprint density at radius 2 is 2.04 bits per heavy atom. The maximum atomic E-state index is 6.03. The molecule has 0 saturated carbocycles. The molecule has 0 spiro atoms. The molecule has 134 valence electrons. The number of hydrogen-bond acceptors (Lipinski definition) is 4. The fraction of sp³-hybridized carbons (Fsp3) is 0.333. The predicted octanol–water partition coefficient (Wildman–Crippen LogP) is 3.11. The minimum Gasteiger partial charge on any atom is -0.492 e. The standard InChI is InChI=1S/C21H24N4O/c1-24-11-5-6-18(24)14-25-13-17(16-26-19-7-4-9-22-12-19)20(15-25)21-8-2-3-10-23-21/h2-12,17,20H,13-16H2,1H3/t17-,20+/m0/s1. The largest absolute Gasteiger partial charge is 0.492 e. The van der Waals surface area contributed by atoms with Crippen LogP contribution in [0.15, 0.2) is 67.3 Å². The van der Waals surface area contributed by atoms with Gasteiger partial charge in [-0.1, -0.05) is 6.07 Å². The third-order valence-corrected chi connectivity index (χ3v) is 5.12. The van der Waals surface area contributed by atoms with Crippen LogP contribution in [-0.4, -0.2) is 39.1 Å². The van der Waals surface area contributed by atoms with Crippen LogP contribution in [0.1, 0.15) is 17.3 Å². The summed E-state index contributed by atoms with van der Waals surface area (Å²) < 4.78 is 8.22. The van der Waals surface area contributed by atoms with E-state index in [-0.39, 0.29) is 0 Å². The third-order valence-electron chi connectivity index (χ3n) is 5.12. The van der Waals surface area contributed by atoms with Gasteiger partial charge in [0.2, 0.25) is 0 Å². The molecular formula is C21H24N4O. The van der Waals surface area contributed by atoms with Gasteiger partial charge in [-0.2, -0.15) is 0 Å². The van der Waals surface area contributed by atoms with E-state index in [0.29, 0.717) is 18.4 Å². The van der Waals surface area contributed by atoms with Crippen LogP contribution in [0.25, 0.3) is 0 Å². The summed E-state index contributed by atoms with van der Waals surface area (Å²) in [5.41, 5.74) is 2.49. The molecule has 5 heteroatoms. The Bertz CT molecular complexity index is 818. The molecule has 0 amide bonds. The van der Waals surface area contributed by atoms with E-state index in [1.165, 1.54) is 5.69 Å². The first-order valence-electron chi connectivity index (χ1n) is 9.06. The van der Waals surface area contributed by atoms with Crippen LogP contribution in [0.2, 0.25) is 0 Å². The topological polar surface area (TPSA) is 43.2 Å². The molecule has 1 aliphatic heterocycles. The molecule has 1 aliphatic rings. The highest BCUT2D eigenvalue weighted by atomic mass is 16.5. The summed E-state index contributed by atoms with van der Waals surface area (Å²) in [7, 11) is 2.10. The summed E-state index contributed by atoms with van der Waals surface area (Å²) in [6, 6.07) is 14.3. The zero-order valence-corrected chi connectivity index (χ0v) is 15.0. The van der Waals surface area contributed by atoms with E-state index in [2.05, 4.69) is 56.9 Å². The third kappa shape index (κ3) is 3.78. The lowest BCUT2D eigenvalue weighted by molar-refractivity contribution is 0.231. The van der Waals surface area contributed by atoms with E-state index >= 15 is 0 Å². The monoisotopic (exact) mass is 348 g/mol. The Kier molecular flexibility index (Phi) is 4.97. The van der Waals surface area contributed by atoms with Crippen molar-refractivity contribution in [2.45, 2.75) is 12.5 Å². The number of aromatic nitrogens is 3. The van der Waals surface area contributed by atoms with Crippen LogP contribution in [0, 0.1) is 5.92 Å². The number of hydrogen-bond donors (Lipinski definition) is 0. The first-order chi connectivity index (χ1) is 12.8. The molecule has 0 aliphatic carbocycles. The van der Waals surface area contributed by atoms with Gasteiger partial charge in [0.15, 0.2) is 0 Å². The van der Waals surface area contributed by atoms with E-state index in [1.807, 2.05) is 24.4 Å². The summed E-state index contributed by atoms with van der Waals surface area (Å²) in [5, 5.41) is 0. The highest BCUT2D eigenvalue weighted by Gasteiger charge is 2.35. The van der Waals surface area contributed by atoms with Crippen molar-refractivity contribution in [2.75, 3.05) is 19.7 Å². The van der Waals surface area contributed by atoms with Crippen molar-refractivity contribution in [3.63, 3.8) is 0 Å². The summed E-state index contributed by atoms with van der Waals surface area (Å²) in [4.78, 5) is 11.3. The van der Waals surface area contributed by atoms with Crippen LogP contribution in [0.3, 0.4) is 0 Å². The Hall–Kier alpha value is -2.66. The molecule has 0 aromatic carbocycles. The van der Waals surface area contributed by atoms with Gasteiger partial charge in [-0.3, -0.25) is 14.9 Å². The fourth-order valence-electron chi connectivity index (χ4n) is 3.71. The van der Waals surface area contributed by atoms with Gasteiger partial charge >= 0.3 is 0 Å². The number of rotatable bonds is 6. The second-order valence-electron chi connectivity index (χ2n) is 6.93. The second kappa shape index (κ2) is 7.70. The molecule has 3 aromatic rings. The molecular weight excluding hydrogens is 324 g/mol. The summed E-state index contributed by atoms with van der Waals surface area (Å²) >= 11 is 0. The van der Waals surface area contributed by atoms with E-state index in [0.717, 1.165) is 31.1 Å². The molecule has 1 fully saturated rings. The zero-order chi connectivity index (χ0) is 17.8. The SMILES string of the molecule is Cn1cccc1CN1C[C@@H](COc2cccnc2)[C@H](c2ccccn2)C1. The van der Waals surface area contributed by atoms with Gasteiger partial charge in [-0.05, 0) is 36.4 Å². The van der Waals surface area contributed by atoms with Gasteiger partial charge in [0, 0.05) is 68.5 Å². The first kappa shape index (κ1) is 16.8. The van der Waals surface area contributed by atoms with Crippen LogP contribution < -0.4 is 4.74 Å². The van der Waals surface area contributed by atoms with E-state index < -0.39 is 0 Å². The van der Waals surface area contributed by atoms with Gasteiger partial charge < -0.3 is 9.30 Å². The van der Waals surface area contributed by atoms with Crippen LogP contribution in [0.5, 0.6) is 5.75 Å². The van der Waals surface area contributed by atoms with Gasteiger partial charge in [0.25, 0.3) is 0 Å². The second-order valence-corrected chi connectivity index (χ2v) is 6.93. The van der Waals surface area contributed by atoms with Crippen molar-refractivity contribution in [3.05, 3.63) is 78.6 Å². The van der Waals surface area contributed by atoms with Crippen molar-refractivity contribution in [2.24, 2.45) is 13.0 Å². The molecule has 2 atom stereocenters. The number of pyridine rings is 2. The van der Waals surface area contributed by atoms with Gasteiger partial charge in [0.1, 0.15) is 5.75 Å². The van der Waals surface area contributed by atoms with Gasteiger partial charge in [0.05, 0.1) is 12.8 Å². The average Bonchev–Trinajstić information content (AvgIpc) is 3.28. The summed E-state index contributed by atoms with van der Waals surface area (Å²) in [6.45, 7) is 3.64. The molecule has 4 heterocycles. The Balaban J connectivity index is 1.48. The Morgan fingerprint density at radius 3 is 2.77 bits per heavy atom. The van der Waals surface area contributed by atoms with Crippen molar-refractivity contribution >= 4 is 0 Å². The minimum absolute atomic E-state index is 0.383. The lowest BCUT2D eigenvalue weighted by Crippen LogP contribution is -2.23. The maximum Gasteiger partial charge on any atom is 0.137 e. The van der Waals surface area contributed by atoms with Crippen LogP contribution >= 0.6 is 0 Å². The molecule has 4 rings (SSSR count). The molecule has 5 nitrogen and oxygen atoms in total. The summed E-state index contributed by atoms with van der Waals surface area (Å²) in [6.07, 6.45) is 7.52. The summed E-state index contributed by atoms with van der Waals surface area (Å²) in [5.74, 6) is 1.62. The number of aryl methyl sites for hydroxylation is 1. The lowest BCUT2D eigenvalue weighted by Gasteiger charge is -2.18. The van der Waals surface area contributed by atoms with Gasteiger partial charge in [-0.15, -0.1) is 0 Å². The molecule has 0 N–H and O–H groups in total. The molecule has 3 aromatic heterocycles. The van der Waals surface area contributed by atoms with Crippen LogP contribution in [0.4, 0.5) is 0 Å². The van der Waals surface area contributed by atoms with Crippen molar-refractivity contribution in [3.8, 4) is 5.75 Å². The number of nitrogens with zero attached hydrogens (tertiary/aromatic N) is 4. The van der Waals surface area contributed by atoms with E-state index in [4.69, 9.17) is 4.74 Å². The highest BCUT2D eigenvalue weighted by molar-refractivity contribution is 5.18. The first-order valence-corrected chi connectivity index (χ1v) is 9.06. The Morgan fingerprint density at radius 1 is 1.08 bits per heavy atom. The highest BCUT2D eigenvalue weighted by Crippen LogP contribution is 2.33. The minimum atomic E-state index is 0.383. The Labute approximate surface area is 154 Å². The van der Waals surface area contributed by atoms with E-state index in [1.54, 1.807) is 12.4 Å².